The smallest absolute Gasteiger partial charge is 0.340 e. The zero-order chi connectivity index (χ0) is 11.7. The fraction of sp³-hybridized carbons (Fsp3) is 0.300. The van der Waals surface area contributed by atoms with Gasteiger partial charge in [0.1, 0.15) is 0 Å². The van der Waals surface area contributed by atoms with Gasteiger partial charge in [0.15, 0.2) is 11.5 Å². The highest BCUT2D eigenvalue weighted by Crippen LogP contribution is 2.46. The van der Waals surface area contributed by atoms with Crippen LogP contribution in [0.25, 0.3) is 0 Å². The van der Waals surface area contributed by atoms with E-state index in [1.807, 2.05) is 0 Å². The van der Waals surface area contributed by atoms with Crippen LogP contribution in [0.2, 0.25) is 0 Å². The van der Waals surface area contributed by atoms with Crippen LogP contribution in [0.15, 0.2) is 6.07 Å². The number of nitrogen functional groups attached to an aromatic ring is 1. The average molecular weight is 225 g/mol. The number of methoxy groups -OCH3 is 2. The molecule has 1 aromatic rings. The third-order valence-electron chi connectivity index (χ3n) is 2.27. The Morgan fingerprint density at radius 1 is 1.38 bits per heavy atom. The van der Waals surface area contributed by atoms with Crippen molar-refractivity contribution in [2.45, 2.75) is 0 Å². The van der Waals surface area contributed by atoms with E-state index >= 15 is 0 Å². The monoisotopic (exact) mass is 225 g/mol. The van der Waals surface area contributed by atoms with Gasteiger partial charge in [-0.2, -0.15) is 0 Å². The fourth-order valence-electron chi connectivity index (χ4n) is 1.49. The van der Waals surface area contributed by atoms with Crippen LogP contribution in [0.1, 0.15) is 10.4 Å². The summed E-state index contributed by atoms with van der Waals surface area (Å²) in [4.78, 5) is 11.4. The first-order chi connectivity index (χ1) is 7.69. The highest BCUT2D eigenvalue weighted by atomic mass is 16.7. The Bertz CT molecular complexity index is 443. The Hall–Kier alpha value is -2.11. The molecule has 1 aromatic carbocycles. The van der Waals surface area contributed by atoms with Gasteiger partial charge in [0.2, 0.25) is 12.5 Å². The zero-order valence-corrected chi connectivity index (χ0v) is 8.90. The number of fused-ring (bicyclic) bond motifs is 1. The number of esters is 1. The van der Waals surface area contributed by atoms with Crippen molar-refractivity contribution in [2.24, 2.45) is 0 Å². The van der Waals surface area contributed by atoms with Crippen LogP contribution >= 0.6 is 0 Å². The predicted molar refractivity (Wildman–Crippen MR) is 54.9 cm³/mol. The number of benzene rings is 1. The van der Waals surface area contributed by atoms with Crippen molar-refractivity contribution in [2.75, 3.05) is 26.7 Å². The molecule has 1 aliphatic rings. The normalized spacial score (nSPS) is 12.4. The van der Waals surface area contributed by atoms with Crippen LogP contribution in [0.3, 0.4) is 0 Å². The van der Waals surface area contributed by atoms with Crippen molar-refractivity contribution >= 4 is 11.7 Å². The van der Waals surface area contributed by atoms with Gasteiger partial charge in [-0.1, -0.05) is 0 Å². The van der Waals surface area contributed by atoms with E-state index < -0.39 is 5.97 Å². The molecule has 0 aromatic heterocycles. The van der Waals surface area contributed by atoms with Crippen molar-refractivity contribution < 1.29 is 23.7 Å². The van der Waals surface area contributed by atoms with E-state index in [0.29, 0.717) is 17.2 Å². The number of rotatable bonds is 2. The van der Waals surface area contributed by atoms with Gasteiger partial charge in [-0.3, -0.25) is 0 Å². The van der Waals surface area contributed by atoms with Crippen molar-refractivity contribution in [3.63, 3.8) is 0 Å². The van der Waals surface area contributed by atoms with Crippen LogP contribution < -0.4 is 19.9 Å². The number of nitrogens with two attached hydrogens (primary N) is 1. The van der Waals surface area contributed by atoms with Crippen LogP contribution in [-0.2, 0) is 4.74 Å². The molecule has 0 bridgehead atoms. The lowest BCUT2D eigenvalue weighted by Crippen LogP contribution is -2.06. The topological polar surface area (TPSA) is 80.0 Å². The van der Waals surface area contributed by atoms with E-state index in [0.717, 1.165) is 0 Å². The summed E-state index contributed by atoms with van der Waals surface area (Å²) in [5.74, 6) is 0.573. The summed E-state index contributed by atoms with van der Waals surface area (Å²) in [6.07, 6.45) is 0. The second-order valence-corrected chi connectivity index (χ2v) is 3.10. The Balaban J connectivity index is 2.60. The summed E-state index contributed by atoms with van der Waals surface area (Å²) in [6.45, 7) is 0.0561. The van der Waals surface area contributed by atoms with Crippen molar-refractivity contribution in [1.82, 2.24) is 0 Å². The van der Waals surface area contributed by atoms with Gasteiger partial charge in [-0.15, -0.1) is 0 Å². The van der Waals surface area contributed by atoms with Gasteiger partial charge in [0, 0.05) is 6.07 Å². The second-order valence-electron chi connectivity index (χ2n) is 3.10. The maximum absolute atomic E-state index is 11.4. The molecule has 2 N–H and O–H groups in total. The highest BCUT2D eigenvalue weighted by Gasteiger charge is 2.27. The quantitative estimate of drug-likeness (QED) is 0.592. The van der Waals surface area contributed by atoms with E-state index in [1.165, 1.54) is 20.3 Å². The van der Waals surface area contributed by atoms with Crippen LogP contribution in [0.5, 0.6) is 17.2 Å². The summed E-state index contributed by atoms with van der Waals surface area (Å²) in [7, 11) is 2.74. The van der Waals surface area contributed by atoms with Gasteiger partial charge in [0.05, 0.1) is 25.5 Å². The Morgan fingerprint density at radius 3 is 2.69 bits per heavy atom. The van der Waals surface area contributed by atoms with Crippen LogP contribution in [0.4, 0.5) is 5.69 Å². The maximum atomic E-state index is 11.4. The lowest BCUT2D eigenvalue weighted by Gasteiger charge is -2.10. The summed E-state index contributed by atoms with van der Waals surface area (Å²) in [5, 5.41) is 0. The molecule has 0 fully saturated rings. The molecule has 6 nitrogen and oxygen atoms in total. The van der Waals surface area contributed by atoms with Crippen molar-refractivity contribution in [3.8, 4) is 17.2 Å². The summed E-state index contributed by atoms with van der Waals surface area (Å²) < 4.78 is 20.0. The van der Waals surface area contributed by atoms with E-state index in [4.69, 9.17) is 19.9 Å². The minimum Gasteiger partial charge on any atom is -0.493 e. The van der Waals surface area contributed by atoms with E-state index in [1.54, 1.807) is 0 Å². The van der Waals surface area contributed by atoms with Crippen LogP contribution in [-0.4, -0.2) is 27.0 Å². The molecular formula is C10H11NO5. The fourth-order valence-corrected chi connectivity index (χ4v) is 1.49. The van der Waals surface area contributed by atoms with E-state index in [9.17, 15) is 4.79 Å². The summed E-state index contributed by atoms with van der Waals surface area (Å²) in [5.41, 5.74) is 6.17. The third kappa shape index (κ3) is 1.39. The molecule has 2 rings (SSSR count). The maximum Gasteiger partial charge on any atom is 0.340 e. The SMILES string of the molecule is COC(=O)c1cc(OC)c2c(c1N)OCO2. The van der Waals surface area contributed by atoms with Gasteiger partial charge in [0.25, 0.3) is 0 Å². The molecule has 1 aliphatic heterocycles. The largest absolute Gasteiger partial charge is 0.493 e. The van der Waals surface area contributed by atoms with Crippen molar-refractivity contribution in [3.05, 3.63) is 11.6 Å². The van der Waals surface area contributed by atoms with Crippen LogP contribution in [0, 0.1) is 0 Å². The Morgan fingerprint density at radius 2 is 2.06 bits per heavy atom. The number of hydrogen-bond donors (Lipinski definition) is 1. The number of hydrogen-bond acceptors (Lipinski definition) is 6. The molecule has 0 saturated carbocycles. The molecule has 16 heavy (non-hydrogen) atoms. The molecule has 0 unspecified atom stereocenters. The zero-order valence-electron chi connectivity index (χ0n) is 8.90. The average Bonchev–Trinajstić information content (AvgIpc) is 2.78. The molecule has 6 heteroatoms. The first-order valence-electron chi connectivity index (χ1n) is 4.53. The van der Waals surface area contributed by atoms with Crippen molar-refractivity contribution in [1.29, 1.82) is 0 Å². The van der Waals surface area contributed by atoms with E-state index in [2.05, 4.69) is 4.74 Å². The lowest BCUT2D eigenvalue weighted by molar-refractivity contribution is 0.0601. The highest BCUT2D eigenvalue weighted by molar-refractivity contribution is 5.98. The summed E-state index contributed by atoms with van der Waals surface area (Å²) in [6, 6.07) is 1.47. The Labute approximate surface area is 91.8 Å². The minimum absolute atomic E-state index is 0.0561. The molecule has 0 amide bonds. The second kappa shape index (κ2) is 3.80. The number of carbonyl (C=O) groups is 1. The molecule has 0 aliphatic carbocycles. The molecule has 1 heterocycles. The molecule has 0 radical (unpaired) electrons. The molecule has 0 spiro atoms. The summed E-state index contributed by atoms with van der Waals surface area (Å²) >= 11 is 0. The number of ether oxygens (including phenoxy) is 4. The lowest BCUT2D eigenvalue weighted by atomic mass is 10.1. The van der Waals surface area contributed by atoms with Gasteiger partial charge in [-0.05, 0) is 0 Å². The predicted octanol–water partition coefficient (Wildman–Crippen LogP) is 0.793. The first-order valence-corrected chi connectivity index (χ1v) is 4.53. The Kier molecular flexibility index (Phi) is 2.47. The van der Waals surface area contributed by atoms with Gasteiger partial charge in [-0.25, -0.2) is 4.79 Å². The molecular weight excluding hydrogens is 214 g/mol. The molecule has 86 valence electrons. The van der Waals surface area contributed by atoms with Gasteiger partial charge < -0.3 is 24.7 Å². The molecule has 0 atom stereocenters. The first kappa shape index (κ1) is 10.4. The van der Waals surface area contributed by atoms with E-state index in [-0.39, 0.29) is 18.0 Å². The number of anilines is 1. The number of carbonyl (C=O) groups excluding carboxylic acids is 1. The standard InChI is InChI=1S/C10H11NO5/c1-13-6-3-5(10(12)14-2)7(11)9-8(6)15-4-16-9/h3H,4,11H2,1-2H3. The third-order valence-corrected chi connectivity index (χ3v) is 2.27. The van der Waals surface area contributed by atoms with Gasteiger partial charge >= 0.3 is 5.97 Å². The minimum atomic E-state index is -0.547. The molecule has 0 saturated heterocycles.